The standard InChI is InChI=1S/C18H26O3/c1-13(2)17-14(3)16(20-18(4,5)21-17)12-19-11-15-9-7-6-8-10-15/h6-10,14,16-17H,1,11-12H2,2-5H3/t14-,16+,17+/m1/s1. The molecule has 1 aromatic rings. The molecule has 0 saturated carbocycles. The van der Waals surface area contributed by atoms with Crippen molar-refractivity contribution < 1.29 is 14.2 Å². The summed E-state index contributed by atoms with van der Waals surface area (Å²) in [6.07, 6.45) is 0.0261. The molecule has 0 aliphatic carbocycles. The van der Waals surface area contributed by atoms with Crippen molar-refractivity contribution in [2.45, 2.75) is 52.3 Å². The monoisotopic (exact) mass is 290 g/mol. The highest BCUT2D eigenvalue weighted by molar-refractivity contribution is 5.13. The fraction of sp³-hybridized carbons (Fsp3) is 0.556. The van der Waals surface area contributed by atoms with Gasteiger partial charge >= 0.3 is 0 Å². The van der Waals surface area contributed by atoms with E-state index >= 15 is 0 Å². The molecule has 0 aromatic heterocycles. The van der Waals surface area contributed by atoms with E-state index in [-0.39, 0.29) is 18.1 Å². The van der Waals surface area contributed by atoms with E-state index in [0.29, 0.717) is 13.2 Å². The largest absolute Gasteiger partial charge is 0.374 e. The number of ether oxygens (including phenoxy) is 3. The van der Waals surface area contributed by atoms with E-state index in [1.807, 2.05) is 39.0 Å². The molecule has 3 heteroatoms. The van der Waals surface area contributed by atoms with Gasteiger partial charge in [-0.3, -0.25) is 0 Å². The summed E-state index contributed by atoms with van der Waals surface area (Å²) in [7, 11) is 0. The molecule has 0 unspecified atom stereocenters. The minimum Gasteiger partial charge on any atom is -0.374 e. The third-order valence-electron chi connectivity index (χ3n) is 3.79. The van der Waals surface area contributed by atoms with Crippen molar-refractivity contribution in [3.63, 3.8) is 0 Å². The van der Waals surface area contributed by atoms with Crippen molar-refractivity contribution in [2.75, 3.05) is 6.61 Å². The van der Waals surface area contributed by atoms with E-state index in [1.54, 1.807) is 0 Å². The molecule has 3 nitrogen and oxygen atoms in total. The van der Waals surface area contributed by atoms with Gasteiger partial charge < -0.3 is 14.2 Å². The fourth-order valence-electron chi connectivity index (χ4n) is 2.71. The Bertz CT molecular complexity index is 467. The van der Waals surface area contributed by atoms with Crippen molar-refractivity contribution in [3.05, 3.63) is 48.0 Å². The lowest BCUT2D eigenvalue weighted by Gasteiger charge is -2.45. The van der Waals surface area contributed by atoms with Crippen LogP contribution in [0.2, 0.25) is 0 Å². The molecule has 1 saturated heterocycles. The average Bonchev–Trinajstić information content (AvgIpc) is 2.43. The van der Waals surface area contributed by atoms with Crippen LogP contribution in [0.25, 0.3) is 0 Å². The van der Waals surface area contributed by atoms with E-state index in [9.17, 15) is 0 Å². The van der Waals surface area contributed by atoms with Gasteiger partial charge in [0.05, 0.1) is 25.4 Å². The van der Waals surface area contributed by atoms with Gasteiger partial charge in [0.15, 0.2) is 5.79 Å². The molecular weight excluding hydrogens is 264 g/mol. The van der Waals surface area contributed by atoms with Crippen LogP contribution in [0.1, 0.15) is 33.3 Å². The topological polar surface area (TPSA) is 27.7 Å². The Kier molecular flexibility index (Phi) is 5.20. The van der Waals surface area contributed by atoms with Gasteiger partial charge in [0, 0.05) is 5.92 Å². The van der Waals surface area contributed by atoms with Gasteiger partial charge in [0.2, 0.25) is 0 Å². The first kappa shape index (κ1) is 16.2. The van der Waals surface area contributed by atoms with Crippen molar-refractivity contribution in [3.8, 4) is 0 Å². The Hall–Kier alpha value is -1.16. The minimum absolute atomic E-state index is 0.0130. The van der Waals surface area contributed by atoms with Gasteiger partial charge in [-0.25, -0.2) is 0 Å². The molecule has 0 bridgehead atoms. The summed E-state index contributed by atoms with van der Waals surface area (Å²) < 4.78 is 17.8. The lowest BCUT2D eigenvalue weighted by molar-refractivity contribution is -0.317. The Labute approximate surface area is 127 Å². The highest BCUT2D eigenvalue weighted by atomic mass is 16.7. The van der Waals surface area contributed by atoms with Crippen LogP contribution in [0.5, 0.6) is 0 Å². The molecule has 2 rings (SSSR count). The zero-order valence-electron chi connectivity index (χ0n) is 13.5. The second-order valence-electron chi connectivity index (χ2n) is 6.30. The van der Waals surface area contributed by atoms with Crippen LogP contribution in [-0.2, 0) is 20.8 Å². The molecule has 3 atom stereocenters. The summed E-state index contributed by atoms with van der Waals surface area (Å²) in [4.78, 5) is 0. The summed E-state index contributed by atoms with van der Waals surface area (Å²) in [5.41, 5.74) is 2.21. The predicted molar refractivity (Wildman–Crippen MR) is 83.9 cm³/mol. The van der Waals surface area contributed by atoms with E-state index in [1.165, 1.54) is 5.56 Å². The molecular formula is C18H26O3. The lowest BCUT2D eigenvalue weighted by Crippen LogP contribution is -2.51. The Morgan fingerprint density at radius 2 is 1.90 bits per heavy atom. The van der Waals surface area contributed by atoms with E-state index in [0.717, 1.165) is 5.57 Å². The van der Waals surface area contributed by atoms with Crippen LogP contribution in [0, 0.1) is 5.92 Å². The van der Waals surface area contributed by atoms with Gasteiger partial charge in [0.1, 0.15) is 0 Å². The summed E-state index contributed by atoms with van der Waals surface area (Å²) in [6, 6.07) is 10.2. The third-order valence-corrected chi connectivity index (χ3v) is 3.79. The Morgan fingerprint density at radius 1 is 1.24 bits per heavy atom. The third kappa shape index (κ3) is 4.40. The molecule has 1 fully saturated rings. The zero-order chi connectivity index (χ0) is 15.5. The summed E-state index contributed by atoms with van der Waals surface area (Å²) in [6.45, 7) is 13.2. The van der Waals surface area contributed by atoms with E-state index in [2.05, 4.69) is 25.6 Å². The normalized spacial score (nSPS) is 28.3. The fourth-order valence-corrected chi connectivity index (χ4v) is 2.71. The molecule has 1 aromatic carbocycles. The van der Waals surface area contributed by atoms with Gasteiger partial charge in [-0.1, -0.05) is 49.4 Å². The summed E-state index contributed by atoms with van der Waals surface area (Å²) in [5.74, 6) is -0.372. The molecule has 1 heterocycles. The predicted octanol–water partition coefficient (Wildman–Crippen LogP) is 3.94. The first-order valence-corrected chi connectivity index (χ1v) is 7.52. The first-order chi connectivity index (χ1) is 9.89. The van der Waals surface area contributed by atoms with Gasteiger partial charge in [-0.15, -0.1) is 0 Å². The molecule has 21 heavy (non-hydrogen) atoms. The van der Waals surface area contributed by atoms with Crippen molar-refractivity contribution in [1.29, 1.82) is 0 Å². The van der Waals surface area contributed by atoms with Gasteiger partial charge in [-0.05, 0) is 26.3 Å². The van der Waals surface area contributed by atoms with E-state index < -0.39 is 5.79 Å². The van der Waals surface area contributed by atoms with Crippen molar-refractivity contribution in [2.24, 2.45) is 5.92 Å². The maximum absolute atomic E-state index is 6.02. The molecule has 116 valence electrons. The van der Waals surface area contributed by atoms with Crippen LogP contribution >= 0.6 is 0 Å². The van der Waals surface area contributed by atoms with E-state index in [4.69, 9.17) is 14.2 Å². The molecule has 0 N–H and O–H groups in total. The SMILES string of the molecule is C=C(C)[C@@H]1OC(C)(C)O[C@@H](COCc2ccccc2)[C@H]1C. The second-order valence-corrected chi connectivity index (χ2v) is 6.30. The lowest BCUT2D eigenvalue weighted by atomic mass is 9.92. The van der Waals surface area contributed by atoms with Crippen molar-refractivity contribution in [1.82, 2.24) is 0 Å². The van der Waals surface area contributed by atoms with Crippen LogP contribution < -0.4 is 0 Å². The number of hydrogen-bond donors (Lipinski definition) is 0. The van der Waals surface area contributed by atoms with Crippen LogP contribution in [-0.4, -0.2) is 24.6 Å². The highest BCUT2D eigenvalue weighted by Gasteiger charge is 2.41. The molecule has 1 aliphatic heterocycles. The quantitative estimate of drug-likeness (QED) is 0.769. The molecule has 0 spiro atoms. The number of hydrogen-bond acceptors (Lipinski definition) is 3. The van der Waals surface area contributed by atoms with Gasteiger partial charge in [-0.2, -0.15) is 0 Å². The molecule has 1 aliphatic rings. The van der Waals surface area contributed by atoms with Gasteiger partial charge in [0.25, 0.3) is 0 Å². The summed E-state index contributed by atoms with van der Waals surface area (Å²) >= 11 is 0. The first-order valence-electron chi connectivity index (χ1n) is 7.52. The maximum Gasteiger partial charge on any atom is 0.164 e. The summed E-state index contributed by atoms with van der Waals surface area (Å²) in [5, 5.41) is 0. The van der Waals surface area contributed by atoms with Crippen LogP contribution in [0.15, 0.2) is 42.5 Å². The van der Waals surface area contributed by atoms with Crippen LogP contribution in [0.4, 0.5) is 0 Å². The second kappa shape index (κ2) is 6.73. The average molecular weight is 290 g/mol. The number of rotatable bonds is 5. The minimum atomic E-state index is -0.600. The molecule has 0 radical (unpaired) electrons. The number of benzene rings is 1. The van der Waals surface area contributed by atoms with Crippen LogP contribution in [0.3, 0.4) is 0 Å². The Morgan fingerprint density at radius 3 is 2.52 bits per heavy atom. The smallest absolute Gasteiger partial charge is 0.164 e. The maximum atomic E-state index is 6.02. The Balaban J connectivity index is 1.93. The molecule has 0 amide bonds. The highest BCUT2D eigenvalue weighted by Crippen LogP contribution is 2.34. The van der Waals surface area contributed by atoms with Crippen molar-refractivity contribution >= 4 is 0 Å². The zero-order valence-corrected chi connectivity index (χ0v) is 13.5.